The van der Waals surface area contributed by atoms with E-state index in [4.69, 9.17) is 4.74 Å². The van der Waals surface area contributed by atoms with Gasteiger partial charge < -0.3 is 15.0 Å². The van der Waals surface area contributed by atoms with Gasteiger partial charge in [0.05, 0.1) is 7.11 Å². The number of hydrogen-bond donors (Lipinski definition) is 1. The predicted molar refractivity (Wildman–Crippen MR) is 92.6 cm³/mol. The second-order valence-corrected chi connectivity index (χ2v) is 6.14. The van der Waals surface area contributed by atoms with E-state index in [0.29, 0.717) is 17.4 Å². The number of carbonyl (C=O) groups is 1. The molecule has 2 heterocycles. The topological polar surface area (TPSA) is 67.3 Å². The molecule has 6 nitrogen and oxygen atoms in total. The summed E-state index contributed by atoms with van der Waals surface area (Å²) in [5.74, 6) is 1.86. The summed E-state index contributed by atoms with van der Waals surface area (Å²) in [5, 5.41) is 3.18. The molecule has 1 saturated heterocycles. The first-order valence-electron chi connectivity index (χ1n) is 8.18. The molecule has 1 aliphatic rings. The minimum absolute atomic E-state index is 0.0300. The molecule has 0 saturated carbocycles. The average Bonchev–Trinajstić information content (AvgIpc) is 2.61. The molecule has 126 valence electrons. The molecular formula is C18H22N4O2. The Hall–Kier alpha value is -2.63. The Kier molecular flexibility index (Phi) is 4.93. The minimum atomic E-state index is -0.0300. The summed E-state index contributed by atoms with van der Waals surface area (Å²) in [6, 6.07) is 9.25. The summed E-state index contributed by atoms with van der Waals surface area (Å²) in [7, 11) is 1.63. The van der Waals surface area contributed by atoms with Crippen molar-refractivity contribution in [2.45, 2.75) is 19.8 Å². The number of nitrogens with one attached hydrogen (secondary N) is 1. The van der Waals surface area contributed by atoms with Crippen molar-refractivity contribution < 1.29 is 9.53 Å². The van der Waals surface area contributed by atoms with Crippen molar-refractivity contribution >= 4 is 17.4 Å². The largest absolute Gasteiger partial charge is 0.497 e. The lowest BCUT2D eigenvalue weighted by atomic mass is 10.00. The third-order valence-corrected chi connectivity index (χ3v) is 4.17. The molecule has 1 N–H and O–H groups in total. The lowest BCUT2D eigenvalue weighted by Crippen LogP contribution is -2.39. The van der Waals surface area contributed by atoms with Gasteiger partial charge in [-0.05, 0) is 30.9 Å². The molecular weight excluding hydrogens is 304 g/mol. The van der Waals surface area contributed by atoms with E-state index in [0.717, 1.165) is 30.9 Å². The summed E-state index contributed by atoms with van der Waals surface area (Å²) >= 11 is 0. The minimum Gasteiger partial charge on any atom is -0.497 e. The van der Waals surface area contributed by atoms with E-state index < -0.39 is 0 Å². The van der Waals surface area contributed by atoms with E-state index in [-0.39, 0.29) is 5.91 Å². The molecule has 1 aromatic heterocycles. The summed E-state index contributed by atoms with van der Waals surface area (Å²) in [4.78, 5) is 22.9. The van der Waals surface area contributed by atoms with E-state index in [9.17, 15) is 4.79 Å². The smallest absolute Gasteiger partial charge is 0.272 e. The number of benzene rings is 1. The summed E-state index contributed by atoms with van der Waals surface area (Å²) in [6.07, 6.45) is 3.65. The van der Waals surface area contributed by atoms with Gasteiger partial charge in [0.2, 0.25) is 0 Å². The number of amides is 1. The van der Waals surface area contributed by atoms with Crippen LogP contribution in [0.25, 0.3) is 0 Å². The Labute approximate surface area is 141 Å². The highest BCUT2D eigenvalue weighted by atomic mass is 16.5. The van der Waals surface area contributed by atoms with Gasteiger partial charge >= 0.3 is 0 Å². The van der Waals surface area contributed by atoms with E-state index in [2.05, 4.69) is 22.2 Å². The summed E-state index contributed by atoms with van der Waals surface area (Å²) < 4.78 is 5.21. The Morgan fingerprint density at radius 2 is 2.21 bits per heavy atom. The molecule has 0 spiro atoms. The lowest BCUT2D eigenvalue weighted by Gasteiger charge is -2.30. The summed E-state index contributed by atoms with van der Waals surface area (Å²) in [6.45, 7) is 3.77. The Balaban J connectivity index is 1.74. The van der Waals surface area contributed by atoms with Gasteiger partial charge in [0, 0.05) is 30.9 Å². The second kappa shape index (κ2) is 7.29. The zero-order chi connectivity index (χ0) is 16.9. The number of anilines is 2. The molecule has 1 unspecified atom stereocenters. The number of carbonyl (C=O) groups excluding carboxylic acids is 1. The number of rotatable bonds is 4. The Bertz CT molecular complexity index is 720. The molecule has 1 aliphatic heterocycles. The van der Waals surface area contributed by atoms with Crippen molar-refractivity contribution in [1.29, 1.82) is 0 Å². The van der Waals surface area contributed by atoms with Crippen LogP contribution >= 0.6 is 0 Å². The van der Waals surface area contributed by atoms with Crippen LogP contribution in [0.5, 0.6) is 5.75 Å². The lowest BCUT2D eigenvalue weighted by molar-refractivity contribution is 0.0677. The van der Waals surface area contributed by atoms with Gasteiger partial charge in [0.15, 0.2) is 0 Å². The highest BCUT2D eigenvalue weighted by Crippen LogP contribution is 2.21. The van der Waals surface area contributed by atoms with Crippen molar-refractivity contribution in [3.63, 3.8) is 0 Å². The maximum absolute atomic E-state index is 12.6. The SMILES string of the molecule is COc1cccc(Nc2cc(C(=O)N3CCCC(C)C3)ncn2)c1. The van der Waals surface area contributed by atoms with Gasteiger partial charge in [-0.25, -0.2) is 9.97 Å². The highest BCUT2D eigenvalue weighted by molar-refractivity contribution is 5.93. The van der Waals surface area contributed by atoms with Crippen LogP contribution in [0, 0.1) is 5.92 Å². The van der Waals surface area contributed by atoms with E-state index in [1.165, 1.54) is 12.7 Å². The molecule has 1 amide bonds. The molecule has 0 aliphatic carbocycles. The van der Waals surface area contributed by atoms with Crippen LogP contribution in [0.2, 0.25) is 0 Å². The van der Waals surface area contributed by atoms with Crippen molar-refractivity contribution in [1.82, 2.24) is 14.9 Å². The molecule has 24 heavy (non-hydrogen) atoms. The first-order chi connectivity index (χ1) is 11.7. The predicted octanol–water partition coefficient (Wildman–Crippen LogP) is 3.10. The van der Waals surface area contributed by atoms with Crippen molar-refractivity contribution in [2.75, 3.05) is 25.5 Å². The normalized spacial score (nSPS) is 17.4. The number of piperidine rings is 1. The number of likely N-dealkylation sites (tertiary alicyclic amines) is 1. The van der Waals surface area contributed by atoms with Crippen LogP contribution in [-0.4, -0.2) is 41.0 Å². The van der Waals surface area contributed by atoms with Crippen molar-refractivity contribution in [2.24, 2.45) is 5.92 Å². The van der Waals surface area contributed by atoms with Gasteiger partial charge in [-0.1, -0.05) is 13.0 Å². The highest BCUT2D eigenvalue weighted by Gasteiger charge is 2.23. The Morgan fingerprint density at radius 3 is 3.00 bits per heavy atom. The van der Waals surface area contributed by atoms with Gasteiger partial charge in [-0.2, -0.15) is 0 Å². The van der Waals surface area contributed by atoms with Crippen molar-refractivity contribution in [3.8, 4) is 5.75 Å². The standard InChI is InChI=1S/C18H22N4O2/c1-13-5-4-8-22(11-13)18(23)16-10-17(20-12-19-16)21-14-6-3-7-15(9-14)24-2/h3,6-7,9-10,12-13H,4-5,8,11H2,1-2H3,(H,19,20,21). The zero-order valence-corrected chi connectivity index (χ0v) is 14.0. The first kappa shape index (κ1) is 16.2. The Morgan fingerprint density at radius 1 is 1.33 bits per heavy atom. The van der Waals surface area contributed by atoms with Crippen LogP contribution in [-0.2, 0) is 0 Å². The zero-order valence-electron chi connectivity index (χ0n) is 14.0. The fourth-order valence-corrected chi connectivity index (χ4v) is 2.93. The third-order valence-electron chi connectivity index (χ3n) is 4.17. The van der Waals surface area contributed by atoms with E-state index >= 15 is 0 Å². The monoisotopic (exact) mass is 326 g/mol. The third kappa shape index (κ3) is 3.82. The molecule has 1 fully saturated rings. The van der Waals surface area contributed by atoms with Gasteiger partial charge in [-0.15, -0.1) is 0 Å². The fraction of sp³-hybridized carbons (Fsp3) is 0.389. The average molecular weight is 326 g/mol. The molecule has 6 heteroatoms. The number of nitrogens with zero attached hydrogens (tertiary/aromatic N) is 3. The van der Waals surface area contributed by atoms with Gasteiger partial charge in [0.25, 0.3) is 5.91 Å². The molecule has 1 atom stereocenters. The quantitative estimate of drug-likeness (QED) is 0.935. The summed E-state index contributed by atoms with van der Waals surface area (Å²) in [5.41, 5.74) is 1.27. The van der Waals surface area contributed by atoms with Crippen LogP contribution < -0.4 is 10.1 Å². The second-order valence-electron chi connectivity index (χ2n) is 6.14. The first-order valence-corrected chi connectivity index (χ1v) is 8.18. The van der Waals surface area contributed by atoms with Gasteiger partial charge in [0.1, 0.15) is 23.6 Å². The fourth-order valence-electron chi connectivity index (χ4n) is 2.93. The molecule has 2 aromatic rings. The molecule has 1 aromatic carbocycles. The number of aromatic nitrogens is 2. The van der Waals surface area contributed by atoms with E-state index in [1.807, 2.05) is 29.2 Å². The van der Waals surface area contributed by atoms with Gasteiger partial charge in [-0.3, -0.25) is 4.79 Å². The number of hydrogen-bond acceptors (Lipinski definition) is 5. The molecule has 0 radical (unpaired) electrons. The van der Waals surface area contributed by atoms with Crippen LogP contribution in [0.1, 0.15) is 30.3 Å². The molecule has 0 bridgehead atoms. The van der Waals surface area contributed by atoms with Crippen molar-refractivity contribution in [3.05, 3.63) is 42.4 Å². The maximum Gasteiger partial charge on any atom is 0.272 e. The number of ether oxygens (including phenoxy) is 1. The number of methoxy groups -OCH3 is 1. The van der Waals surface area contributed by atoms with Crippen LogP contribution in [0.15, 0.2) is 36.7 Å². The maximum atomic E-state index is 12.6. The van der Waals surface area contributed by atoms with Crippen LogP contribution in [0.3, 0.4) is 0 Å². The molecule has 3 rings (SSSR count). The van der Waals surface area contributed by atoms with E-state index in [1.54, 1.807) is 13.2 Å². The van der Waals surface area contributed by atoms with Crippen LogP contribution in [0.4, 0.5) is 11.5 Å².